The quantitative estimate of drug-likeness (QED) is 0.675. The van der Waals surface area contributed by atoms with E-state index in [1.165, 1.54) is 6.07 Å². The Morgan fingerprint density at radius 3 is 2.10 bits per heavy atom. The summed E-state index contributed by atoms with van der Waals surface area (Å²) in [6.45, 7) is 1.15. The third-order valence-electron chi connectivity index (χ3n) is 4.90. The van der Waals surface area contributed by atoms with Gasteiger partial charge in [0, 0.05) is 36.1 Å². The number of halogens is 2. The molecule has 0 saturated carbocycles. The van der Waals surface area contributed by atoms with Gasteiger partial charge in [0.15, 0.2) is 11.6 Å². The molecule has 1 aliphatic rings. The van der Waals surface area contributed by atoms with Gasteiger partial charge >= 0.3 is 6.03 Å². The molecule has 31 heavy (non-hydrogen) atoms. The zero-order valence-corrected chi connectivity index (χ0v) is 16.9. The van der Waals surface area contributed by atoms with Crippen molar-refractivity contribution in [3.63, 3.8) is 0 Å². The summed E-state index contributed by atoms with van der Waals surface area (Å²) in [6, 6.07) is 8.88. The number of nitrogens with one attached hydrogen (secondary N) is 3. The molecule has 2 aromatic rings. The number of anilines is 2. The molecule has 1 heterocycles. The number of benzene rings is 2. The molecule has 0 spiro atoms. The Balaban J connectivity index is 1.46. The molecule has 1 aliphatic heterocycles. The van der Waals surface area contributed by atoms with E-state index in [4.69, 9.17) is 0 Å². The minimum absolute atomic E-state index is 0.0215. The van der Waals surface area contributed by atoms with Crippen LogP contribution in [0.3, 0.4) is 0 Å². The molecule has 2 aromatic carbocycles. The number of hydrogen-bond donors (Lipinski definition) is 3. The molecule has 1 saturated heterocycles. The molecule has 7 nitrogen and oxygen atoms in total. The first-order valence-electron chi connectivity index (χ1n) is 10.1. The Kier molecular flexibility index (Phi) is 7.53. The van der Waals surface area contributed by atoms with Gasteiger partial charge < -0.3 is 20.9 Å². The highest BCUT2D eigenvalue weighted by molar-refractivity contribution is 5.98. The Bertz CT molecular complexity index is 942. The molecule has 4 amide bonds. The molecule has 9 heteroatoms. The Labute approximate surface area is 178 Å². The standard InChI is InChI=1S/C22H24F2N4O3/c23-18-10-9-17(13-19(18)24)26-20(29)14-25-22(31)27-16-7-5-15(6-8-16)21(30)28-11-3-1-2-4-12-28/h5-10,13H,1-4,11-12,14H2,(H,26,29)(H2,25,27,31). The van der Waals surface area contributed by atoms with Gasteiger partial charge in [0.25, 0.3) is 5.91 Å². The molecule has 3 rings (SSSR count). The van der Waals surface area contributed by atoms with E-state index in [1.807, 2.05) is 4.90 Å². The number of carbonyl (C=O) groups is 3. The minimum Gasteiger partial charge on any atom is -0.339 e. The summed E-state index contributed by atoms with van der Waals surface area (Å²) in [7, 11) is 0. The van der Waals surface area contributed by atoms with Crippen LogP contribution in [0.1, 0.15) is 36.0 Å². The number of rotatable bonds is 5. The van der Waals surface area contributed by atoms with Gasteiger partial charge in [-0.15, -0.1) is 0 Å². The van der Waals surface area contributed by atoms with Crippen LogP contribution in [-0.2, 0) is 4.79 Å². The van der Waals surface area contributed by atoms with Crippen molar-refractivity contribution >= 4 is 29.2 Å². The number of likely N-dealkylation sites (tertiary alicyclic amines) is 1. The topological polar surface area (TPSA) is 90.5 Å². The van der Waals surface area contributed by atoms with Gasteiger partial charge in [0.1, 0.15) is 0 Å². The summed E-state index contributed by atoms with van der Waals surface area (Å²) in [5.41, 5.74) is 1.10. The Hall–Kier alpha value is -3.49. The lowest BCUT2D eigenvalue weighted by atomic mass is 10.1. The lowest BCUT2D eigenvalue weighted by Crippen LogP contribution is -2.35. The summed E-state index contributed by atoms with van der Waals surface area (Å²) >= 11 is 0. The molecule has 0 bridgehead atoms. The highest BCUT2D eigenvalue weighted by atomic mass is 19.2. The molecule has 0 aromatic heterocycles. The van der Waals surface area contributed by atoms with Crippen molar-refractivity contribution in [2.45, 2.75) is 25.7 Å². The van der Waals surface area contributed by atoms with Gasteiger partial charge in [-0.25, -0.2) is 13.6 Å². The van der Waals surface area contributed by atoms with E-state index in [0.717, 1.165) is 50.9 Å². The average molecular weight is 430 g/mol. The minimum atomic E-state index is -1.08. The van der Waals surface area contributed by atoms with Crippen LogP contribution in [0, 0.1) is 11.6 Å². The number of amides is 4. The molecule has 1 fully saturated rings. The fraction of sp³-hybridized carbons (Fsp3) is 0.318. The molecule has 0 radical (unpaired) electrons. The van der Waals surface area contributed by atoms with Crippen LogP contribution < -0.4 is 16.0 Å². The fourth-order valence-corrected chi connectivity index (χ4v) is 3.27. The maximum Gasteiger partial charge on any atom is 0.319 e. The van der Waals surface area contributed by atoms with Crippen molar-refractivity contribution in [1.29, 1.82) is 0 Å². The van der Waals surface area contributed by atoms with Crippen molar-refractivity contribution in [3.8, 4) is 0 Å². The highest BCUT2D eigenvalue weighted by Gasteiger charge is 2.17. The fourth-order valence-electron chi connectivity index (χ4n) is 3.27. The normalized spacial score (nSPS) is 13.8. The first kappa shape index (κ1) is 22.2. The summed E-state index contributed by atoms with van der Waals surface area (Å²) in [5.74, 6) is -2.72. The van der Waals surface area contributed by atoms with Gasteiger partial charge in [-0.05, 0) is 49.2 Å². The Morgan fingerprint density at radius 1 is 0.806 bits per heavy atom. The van der Waals surface area contributed by atoms with E-state index in [1.54, 1.807) is 24.3 Å². The molecule has 0 unspecified atom stereocenters. The van der Waals surface area contributed by atoms with Crippen LogP contribution in [0.25, 0.3) is 0 Å². The van der Waals surface area contributed by atoms with Gasteiger partial charge in [0.05, 0.1) is 6.54 Å². The van der Waals surface area contributed by atoms with Crippen LogP contribution in [0.2, 0.25) is 0 Å². The largest absolute Gasteiger partial charge is 0.339 e. The number of hydrogen-bond acceptors (Lipinski definition) is 3. The maximum atomic E-state index is 13.2. The summed E-state index contributed by atoms with van der Waals surface area (Å²) < 4.78 is 26.1. The second-order valence-corrected chi connectivity index (χ2v) is 7.27. The third-order valence-corrected chi connectivity index (χ3v) is 4.90. The average Bonchev–Trinajstić information content (AvgIpc) is 3.05. The summed E-state index contributed by atoms with van der Waals surface area (Å²) in [6.07, 6.45) is 4.30. The monoisotopic (exact) mass is 430 g/mol. The number of nitrogens with zero attached hydrogens (tertiary/aromatic N) is 1. The van der Waals surface area contributed by atoms with Crippen molar-refractivity contribution in [3.05, 3.63) is 59.7 Å². The third kappa shape index (κ3) is 6.50. The first-order valence-corrected chi connectivity index (χ1v) is 10.1. The number of carbonyl (C=O) groups excluding carboxylic acids is 3. The van der Waals surface area contributed by atoms with E-state index < -0.39 is 23.6 Å². The van der Waals surface area contributed by atoms with Crippen molar-refractivity contribution in [2.24, 2.45) is 0 Å². The van der Waals surface area contributed by atoms with E-state index >= 15 is 0 Å². The van der Waals surface area contributed by atoms with E-state index in [9.17, 15) is 23.2 Å². The maximum absolute atomic E-state index is 13.2. The van der Waals surface area contributed by atoms with Crippen molar-refractivity contribution < 1.29 is 23.2 Å². The highest BCUT2D eigenvalue weighted by Crippen LogP contribution is 2.16. The predicted octanol–water partition coefficient (Wildman–Crippen LogP) is 3.74. The molecule has 164 valence electrons. The van der Waals surface area contributed by atoms with Gasteiger partial charge in [-0.1, -0.05) is 12.8 Å². The zero-order chi connectivity index (χ0) is 22.2. The summed E-state index contributed by atoms with van der Waals surface area (Å²) in [4.78, 5) is 38.3. The zero-order valence-electron chi connectivity index (χ0n) is 16.9. The van der Waals surface area contributed by atoms with Gasteiger partial charge in [-0.2, -0.15) is 0 Å². The van der Waals surface area contributed by atoms with E-state index in [-0.39, 0.29) is 18.1 Å². The second-order valence-electron chi connectivity index (χ2n) is 7.27. The van der Waals surface area contributed by atoms with Crippen molar-refractivity contribution in [2.75, 3.05) is 30.3 Å². The molecular weight excluding hydrogens is 406 g/mol. The second kappa shape index (κ2) is 10.5. The lowest BCUT2D eigenvalue weighted by molar-refractivity contribution is -0.115. The Morgan fingerprint density at radius 2 is 1.45 bits per heavy atom. The molecule has 3 N–H and O–H groups in total. The van der Waals surface area contributed by atoms with E-state index in [0.29, 0.717) is 11.3 Å². The molecular formula is C22H24F2N4O3. The van der Waals surface area contributed by atoms with Crippen LogP contribution in [-0.4, -0.2) is 42.4 Å². The predicted molar refractivity (Wildman–Crippen MR) is 113 cm³/mol. The molecule has 0 atom stereocenters. The van der Waals surface area contributed by atoms with Crippen molar-refractivity contribution in [1.82, 2.24) is 10.2 Å². The van der Waals surface area contributed by atoms with Crippen LogP contribution in [0.4, 0.5) is 25.0 Å². The van der Waals surface area contributed by atoms with Gasteiger partial charge in [0.2, 0.25) is 5.91 Å². The molecule has 0 aliphatic carbocycles. The summed E-state index contributed by atoms with van der Waals surface area (Å²) in [5, 5.41) is 7.29. The number of urea groups is 1. The van der Waals surface area contributed by atoms with Crippen LogP contribution in [0.15, 0.2) is 42.5 Å². The smallest absolute Gasteiger partial charge is 0.319 e. The lowest BCUT2D eigenvalue weighted by Gasteiger charge is -2.20. The van der Waals surface area contributed by atoms with Crippen LogP contribution in [0.5, 0.6) is 0 Å². The van der Waals surface area contributed by atoms with Gasteiger partial charge in [-0.3, -0.25) is 9.59 Å². The van der Waals surface area contributed by atoms with E-state index in [2.05, 4.69) is 16.0 Å². The first-order chi connectivity index (χ1) is 14.9. The van der Waals surface area contributed by atoms with Crippen LogP contribution >= 0.6 is 0 Å². The SMILES string of the molecule is O=C(CNC(=O)Nc1ccc(C(=O)N2CCCCCC2)cc1)Nc1ccc(F)c(F)c1.